The Hall–Kier alpha value is -2.94. The van der Waals surface area contributed by atoms with E-state index in [-0.39, 0.29) is 11.8 Å². The third kappa shape index (κ3) is 2.40. The van der Waals surface area contributed by atoms with Crippen LogP contribution in [0.1, 0.15) is 12.8 Å². The summed E-state index contributed by atoms with van der Waals surface area (Å²) in [6.07, 6.45) is 0.748. The highest BCUT2D eigenvalue weighted by molar-refractivity contribution is 6.22. The van der Waals surface area contributed by atoms with E-state index in [2.05, 4.69) is 66.0 Å². The van der Waals surface area contributed by atoms with Gasteiger partial charge in [-0.15, -0.1) is 0 Å². The lowest BCUT2D eigenvalue weighted by Crippen LogP contribution is -2.18. The monoisotopic (exact) mass is 301 g/mol. The fourth-order valence-corrected chi connectivity index (χ4v) is 3.18. The molecule has 0 bridgehead atoms. The molecule has 0 saturated carbocycles. The minimum Gasteiger partial charge on any atom is -0.296 e. The molecular weight excluding hydrogens is 286 g/mol. The van der Waals surface area contributed by atoms with E-state index in [1.807, 2.05) is 0 Å². The molecule has 0 unspecified atom stereocenters. The van der Waals surface area contributed by atoms with E-state index in [1.165, 1.54) is 32.3 Å². The van der Waals surface area contributed by atoms with E-state index >= 15 is 0 Å². The van der Waals surface area contributed by atoms with Crippen LogP contribution in [0.3, 0.4) is 0 Å². The molecule has 4 aromatic rings. The Bertz CT molecular complexity index is 892. The first-order chi connectivity index (χ1) is 11.2. The van der Waals surface area contributed by atoms with Crippen molar-refractivity contribution in [2.75, 3.05) is 0 Å². The van der Waals surface area contributed by atoms with Gasteiger partial charge in [-0.05, 0) is 32.3 Å². The Labute approximate surface area is 133 Å². The molecule has 1 saturated heterocycles. The third-order valence-electron chi connectivity index (χ3n) is 4.25. The van der Waals surface area contributed by atoms with E-state index in [4.69, 9.17) is 0 Å². The van der Waals surface area contributed by atoms with Gasteiger partial charge in [-0.25, -0.2) is 0 Å². The molecular formula is C20H15NO2. The van der Waals surface area contributed by atoms with E-state index in [0.29, 0.717) is 12.8 Å². The van der Waals surface area contributed by atoms with Gasteiger partial charge < -0.3 is 0 Å². The van der Waals surface area contributed by atoms with Crippen LogP contribution in [0.2, 0.25) is 0 Å². The molecule has 0 aliphatic carbocycles. The maximum atomic E-state index is 10.1. The molecule has 1 fully saturated rings. The molecule has 0 spiro atoms. The predicted molar refractivity (Wildman–Crippen MR) is 92.5 cm³/mol. The standard InChI is InChI=1S/C16H10.C4H5NO2/c1-3-11-7-9-13-5-2-6-14-10-8-12(4-1)15(11)16(13)14;6-3-1-2-4(7)5-3/h1-10H;1-2H2,(H,5,6,7). The van der Waals surface area contributed by atoms with Crippen LogP contribution < -0.4 is 5.32 Å². The summed E-state index contributed by atoms with van der Waals surface area (Å²) in [5, 5.41) is 10.3. The van der Waals surface area contributed by atoms with Crippen LogP contribution in [0.25, 0.3) is 32.3 Å². The van der Waals surface area contributed by atoms with Gasteiger partial charge in [-0.2, -0.15) is 0 Å². The molecule has 0 atom stereocenters. The normalized spacial score (nSPS) is 14.3. The molecule has 3 heteroatoms. The summed E-state index contributed by atoms with van der Waals surface area (Å²) in [5.74, 6) is -0.296. The van der Waals surface area contributed by atoms with Gasteiger partial charge in [-0.3, -0.25) is 14.9 Å². The van der Waals surface area contributed by atoms with Gasteiger partial charge in [0.05, 0.1) is 0 Å². The summed E-state index contributed by atoms with van der Waals surface area (Å²) in [7, 11) is 0. The van der Waals surface area contributed by atoms with Crippen molar-refractivity contribution in [2.24, 2.45) is 0 Å². The minimum absolute atomic E-state index is 0.148. The lowest BCUT2D eigenvalue weighted by Gasteiger charge is -2.09. The number of hydrogen-bond donors (Lipinski definition) is 1. The second-order valence-electron chi connectivity index (χ2n) is 5.76. The topological polar surface area (TPSA) is 46.2 Å². The van der Waals surface area contributed by atoms with Gasteiger partial charge >= 0.3 is 0 Å². The van der Waals surface area contributed by atoms with Gasteiger partial charge in [0.15, 0.2) is 0 Å². The highest BCUT2D eigenvalue weighted by Gasteiger charge is 2.15. The Morgan fingerprint density at radius 1 is 0.565 bits per heavy atom. The summed E-state index contributed by atoms with van der Waals surface area (Å²) in [6, 6.07) is 21.9. The van der Waals surface area contributed by atoms with Crippen molar-refractivity contribution in [3.8, 4) is 0 Å². The van der Waals surface area contributed by atoms with E-state index in [9.17, 15) is 9.59 Å². The largest absolute Gasteiger partial charge is 0.296 e. The van der Waals surface area contributed by atoms with Gasteiger partial charge in [-0.1, -0.05) is 60.7 Å². The van der Waals surface area contributed by atoms with E-state index in [0.717, 1.165) is 0 Å². The van der Waals surface area contributed by atoms with Crippen molar-refractivity contribution in [3.63, 3.8) is 0 Å². The average molecular weight is 301 g/mol. The second kappa shape index (κ2) is 5.36. The third-order valence-corrected chi connectivity index (χ3v) is 4.25. The fourth-order valence-electron chi connectivity index (χ4n) is 3.18. The van der Waals surface area contributed by atoms with Crippen molar-refractivity contribution in [1.29, 1.82) is 0 Å². The number of rotatable bonds is 0. The highest BCUT2D eigenvalue weighted by Crippen LogP contribution is 2.33. The zero-order chi connectivity index (χ0) is 15.8. The Balaban J connectivity index is 0.000000164. The summed E-state index contributed by atoms with van der Waals surface area (Å²) >= 11 is 0. The van der Waals surface area contributed by atoms with E-state index < -0.39 is 0 Å². The number of carbonyl (C=O) groups is 2. The number of carbonyl (C=O) groups excluding carboxylic acids is 2. The highest BCUT2D eigenvalue weighted by atomic mass is 16.2. The molecule has 5 rings (SSSR count). The minimum atomic E-state index is -0.148. The molecule has 3 nitrogen and oxygen atoms in total. The molecule has 23 heavy (non-hydrogen) atoms. The van der Waals surface area contributed by atoms with Crippen molar-refractivity contribution in [1.82, 2.24) is 5.32 Å². The lowest BCUT2D eigenvalue weighted by atomic mass is 9.95. The zero-order valence-electron chi connectivity index (χ0n) is 12.5. The van der Waals surface area contributed by atoms with Crippen molar-refractivity contribution < 1.29 is 9.59 Å². The van der Waals surface area contributed by atoms with Crippen LogP contribution in [0, 0.1) is 0 Å². The van der Waals surface area contributed by atoms with Crippen LogP contribution in [0.5, 0.6) is 0 Å². The summed E-state index contributed by atoms with van der Waals surface area (Å²) in [5.41, 5.74) is 0. The van der Waals surface area contributed by atoms with Crippen LogP contribution >= 0.6 is 0 Å². The molecule has 0 aromatic heterocycles. The summed E-state index contributed by atoms with van der Waals surface area (Å²) < 4.78 is 0. The fraction of sp³-hybridized carbons (Fsp3) is 0.100. The van der Waals surface area contributed by atoms with Crippen molar-refractivity contribution in [3.05, 3.63) is 60.7 Å². The Morgan fingerprint density at radius 2 is 0.913 bits per heavy atom. The van der Waals surface area contributed by atoms with Gasteiger partial charge in [0.25, 0.3) is 0 Å². The maximum absolute atomic E-state index is 10.1. The molecule has 2 amide bonds. The van der Waals surface area contributed by atoms with Crippen molar-refractivity contribution in [2.45, 2.75) is 12.8 Å². The quantitative estimate of drug-likeness (QED) is 0.394. The molecule has 0 radical (unpaired) electrons. The number of hydrogen-bond acceptors (Lipinski definition) is 2. The molecule has 1 aliphatic rings. The first-order valence-corrected chi connectivity index (χ1v) is 7.67. The van der Waals surface area contributed by atoms with Crippen LogP contribution in [0.15, 0.2) is 60.7 Å². The molecule has 1 aliphatic heterocycles. The summed E-state index contributed by atoms with van der Waals surface area (Å²) in [4.78, 5) is 20.2. The first-order valence-electron chi connectivity index (χ1n) is 7.67. The zero-order valence-corrected chi connectivity index (χ0v) is 12.5. The van der Waals surface area contributed by atoms with E-state index in [1.54, 1.807) is 0 Å². The predicted octanol–water partition coefficient (Wildman–Crippen LogP) is 4.01. The molecule has 4 aromatic carbocycles. The number of amides is 2. The molecule has 112 valence electrons. The first kappa shape index (κ1) is 13.7. The van der Waals surface area contributed by atoms with Gasteiger partial charge in [0.2, 0.25) is 11.8 Å². The lowest BCUT2D eigenvalue weighted by molar-refractivity contribution is -0.124. The van der Waals surface area contributed by atoms with Crippen LogP contribution in [-0.4, -0.2) is 11.8 Å². The van der Waals surface area contributed by atoms with Gasteiger partial charge in [0.1, 0.15) is 0 Å². The number of nitrogens with one attached hydrogen (secondary N) is 1. The van der Waals surface area contributed by atoms with Crippen molar-refractivity contribution >= 4 is 44.1 Å². The SMILES string of the molecule is O=C1CCC(=O)N1.c1cc2ccc3cccc4ccc(c1)c2c34. The smallest absolute Gasteiger partial charge is 0.227 e. The van der Waals surface area contributed by atoms with Crippen LogP contribution in [0.4, 0.5) is 0 Å². The number of benzene rings is 4. The maximum Gasteiger partial charge on any atom is 0.227 e. The average Bonchev–Trinajstić information content (AvgIpc) is 2.96. The summed E-state index contributed by atoms with van der Waals surface area (Å²) in [6.45, 7) is 0. The molecule has 1 heterocycles. The van der Waals surface area contributed by atoms with Gasteiger partial charge in [0, 0.05) is 12.8 Å². The Morgan fingerprint density at radius 3 is 1.17 bits per heavy atom. The van der Waals surface area contributed by atoms with Crippen LogP contribution in [-0.2, 0) is 9.59 Å². The Kier molecular flexibility index (Phi) is 3.19. The second-order valence-corrected chi connectivity index (χ2v) is 5.76. The molecule has 1 N–H and O–H groups in total. The number of imide groups is 1.